The average molecular weight is 256 g/mol. The van der Waals surface area contributed by atoms with Gasteiger partial charge in [-0.1, -0.05) is 20.8 Å². The van der Waals surface area contributed by atoms with E-state index < -0.39 is 5.79 Å². The zero-order valence-electron chi connectivity index (χ0n) is 11.3. The summed E-state index contributed by atoms with van der Waals surface area (Å²) in [4.78, 5) is 34.5. The van der Waals surface area contributed by atoms with Gasteiger partial charge in [0.05, 0.1) is 0 Å². The molecule has 0 saturated heterocycles. The topological polar surface area (TPSA) is 87.3 Å². The van der Waals surface area contributed by atoms with E-state index in [2.05, 4.69) is 22.9 Å². The second-order valence-corrected chi connectivity index (χ2v) is 3.86. The molecule has 0 fully saturated rings. The maximum Gasteiger partial charge on any atom is 0.222 e. The molecule has 0 bridgehead atoms. The van der Waals surface area contributed by atoms with Crippen LogP contribution < -0.4 is 16.0 Å². The molecule has 6 nitrogen and oxygen atoms in total. The Morgan fingerprint density at radius 1 is 0.833 bits per heavy atom. The average Bonchev–Trinajstić information content (AvgIpc) is 2.37. The summed E-state index contributed by atoms with van der Waals surface area (Å²) in [6.45, 7) is 8.74. The van der Waals surface area contributed by atoms with E-state index in [9.17, 15) is 14.4 Å². The Hall–Kier alpha value is -1.59. The van der Waals surface area contributed by atoms with E-state index in [1.54, 1.807) is 20.8 Å². The van der Waals surface area contributed by atoms with Crippen molar-refractivity contribution in [2.24, 2.45) is 0 Å². The molecule has 0 atom stereocenters. The normalized spacial score (nSPS) is 10.7. The largest absolute Gasteiger partial charge is 0.316 e. The number of carbonyl (C=O) groups excluding carboxylic acids is 3. The summed E-state index contributed by atoms with van der Waals surface area (Å²) in [7, 11) is 0. The fourth-order valence-corrected chi connectivity index (χ4v) is 1.26. The van der Waals surface area contributed by atoms with Gasteiger partial charge in [0.2, 0.25) is 17.7 Å². The maximum atomic E-state index is 11.5. The third-order valence-corrected chi connectivity index (χ3v) is 2.40. The molecule has 1 radical (unpaired) electrons. The summed E-state index contributed by atoms with van der Waals surface area (Å²) in [5.74, 6) is -2.11. The number of rotatable bonds is 7. The lowest BCUT2D eigenvalue weighted by atomic mass is 10.2. The molecule has 0 aromatic rings. The van der Waals surface area contributed by atoms with Gasteiger partial charge >= 0.3 is 0 Å². The Bertz CT molecular complexity index is 270. The van der Waals surface area contributed by atoms with Crippen LogP contribution in [0.2, 0.25) is 0 Å². The molecule has 0 aliphatic carbocycles. The second kappa shape index (κ2) is 7.68. The van der Waals surface area contributed by atoms with Gasteiger partial charge in [0.15, 0.2) is 5.79 Å². The van der Waals surface area contributed by atoms with Crippen LogP contribution in [0, 0.1) is 6.92 Å². The lowest BCUT2D eigenvalue weighted by molar-refractivity contribution is -0.131. The zero-order chi connectivity index (χ0) is 14.2. The van der Waals surface area contributed by atoms with Crippen molar-refractivity contribution in [3.63, 3.8) is 0 Å². The first-order chi connectivity index (χ1) is 8.42. The van der Waals surface area contributed by atoms with Gasteiger partial charge in [-0.25, -0.2) is 0 Å². The molecule has 0 saturated carbocycles. The quantitative estimate of drug-likeness (QED) is 0.578. The Morgan fingerprint density at radius 3 is 1.28 bits per heavy atom. The standard InChI is InChI=1S/C12H22N3O3/c1-5-9(16)13-12(8-4,14-10(17)6-2)15-11(18)7-3/h4-8H2,1-3H3,(H,13,16)(H,14,17)(H,15,18). The SMILES string of the molecule is [CH2]CC(NC(=O)CC)(NC(=O)CC)NC(=O)CC. The molecule has 0 rings (SSSR count). The third kappa shape index (κ3) is 5.16. The predicted molar refractivity (Wildman–Crippen MR) is 68.0 cm³/mol. The molecule has 18 heavy (non-hydrogen) atoms. The number of nitrogens with one attached hydrogen (secondary N) is 3. The minimum atomic E-state index is -1.30. The van der Waals surface area contributed by atoms with Gasteiger partial charge in [0.1, 0.15) is 0 Å². The first-order valence-electron chi connectivity index (χ1n) is 6.15. The van der Waals surface area contributed by atoms with E-state index in [0.29, 0.717) is 0 Å². The van der Waals surface area contributed by atoms with E-state index in [1.807, 2.05) is 0 Å². The molecule has 3 N–H and O–H groups in total. The smallest absolute Gasteiger partial charge is 0.222 e. The lowest BCUT2D eigenvalue weighted by Crippen LogP contribution is -2.69. The van der Waals surface area contributed by atoms with Crippen LogP contribution in [-0.4, -0.2) is 23.5 Å². The molecule has 0 spiro atoms. The van der Waals surface area contributed by atoms with Gasteiger partial charge in [-0.3, -0.25) is 14.4 Å². The Morgan fingerprint density at radius 2 is 1.11 bits per heavy atom. The summed E-state index contributed by atoms with van der Waals surface area (Å²) in [6, 6.07) is 0. The Kier molecular flexibility index (Phi) is 7.00. The third-order valence-electron chi connectivity index (χ3n) is 2.40. The summed E-state index contributed by atoms with van der Waals surface area (Å²) in [5, 5.41) is 7.78. The molecule has 6 heteroatoms. The molecule has 0 aromatic carbocycles. The molecule has 0 aliphatic rings. The van der Waals surface area contributed by atoms with Crippen LogP contribution in [0.4, 0.5) is 0 Å². The summed E-state index contributed by atoms with van der Waals surface area (Å²) < 4.78 is 0. The van der Waals surface area contributed by atoms with Gasteiger partial charge in [0.25, 0.3) is 0 Å². The fourth-order valence-electron chi connectivity index (χ4n) is 1.26. The van der Waals surface area contributed by atoms with E-state index in [0.717, 1.165) is 0 Å². The highest BCUT2D eigenvalue weighted by molar-refractivity contribution is 5.82. The fraction of sp³-hybridized carbons (Fsp3) is 0.667. The van der Waals surface area contributed by atoms with Crippen molar-refractivity contribution >= 4 is 17.7 Å². The number of hydrogen-bond acceptors (Lipinski definition) is 3. The van der Waals surface area contributed by atoms with Gasteiger partial charge in [-0.2, -0.15) is 0 Å². The van der Waals surface area contributed by atoms with Crippen molar-refractivity contribution in [3.05, 3.63) is 6.92 Å². The molecule has 0 aromatic heterocycles. The van der Waals surface area contributed by atoms with Crippen molar-refractivity contribution in [2.75, 3.05) is 0 Å². The molecule has 0 heterocycles. The zero-order valence-corrected chi connectivity index (χ0v) is 11.3. The van der Waals surface area contributed by atoms with Crippen LogP contribution in [0.3, 0.4) is 0 Å². The Balaban J connectivity index is 4.98. The van der Waals surface area contributed by atoms with Crippen molar-refractivity contribution < 1.29 is 14.4 Å². The van der Waals surface area contributed by atoms with Crippen LogP contribution in [-0.2, 0) is 14.4 Å². The summed E-state index contributed by atoms with van der Waals surface area (Å²) in [5.41, 5.74) is 0. The minimum Gasteiger partial charge on any atom is -0.316 e. The van der Waals surface area contributed by atoms with Gasteiger partial charge in [-0.15, -0.1) is 0 Å². The molecular formula is C12H22N3O3. The first-order valence-corrected chi connectivity index (χ1v) is 6.15. The minimum absolute atomic E-state index is 0.121. The van der Waals surface area contributed by atoms with Gasteiger partial charge in [0, 0.05) is 25.7 Å². The highest BCUT2D eigenvalue weighted by Gasteiger charge is 2.32. The van der Waals surface area contributed by atoms with Crippen LogP contribution in [0.15, 0.2) is 0 Å². The molecular weight excluding hydrogens is 234 g/mol. The maximum absolute atomic E-state index is 11.5. The first kappa shape index (κ1) is 16.4. The molecule has 3 amide bonds. The van der Waals surface area contributed by atoms with Crippen LogP contribution in [0.25, 0.3) is 0 Å². The van der Waals surface area contributed by atoms with Crippen LogP contribution >= 0.6 is 0 Å². The molecule has 0 unspecified atom stereocenters. The lowest BCUT2D eigenvalue weighted by Gasteiger charge is -2.35. The van der Waals surface area contributed by atoms with Gasteiger partial charge in [-0.05, 0) is 6.92 Å². The second-order valence-electron chi connectivity index (χ2n) is 3.86. The Labute approximate surface area is 108 Å². The van der Waals surface area contributed by atoms with E-state index in [4.69, 9.17) is 0 Å². The van der Waals surface area contributed by atoms with E-state index >= 15 is 0 Å². The summed E-state index contributed by atoms with van der Waals surface area (Å²) >= 11 is 0. The van der Waals surface area contributed by atoms with Crippen molar-refractivity contribution in [2.45, 2.75) is 52.2 Å². The van der Waals surface area contributed by atoms with Crippen molar-refractivity contribution in [1.82, 2.24) is 16.0 Å². The van der Waals surface area contributed by atoms with E-state index in [1.165, 1.54) is 0 Å². The highest BCUT2D eigenvalue weighted by atomic mass is 16.2. The number of carbonyl (C=O) groups is 3. The monoisotopic (exact) mass is 256 g/mol. The van der Waals surface area contributed by atoms with Crippen LogP contribution in [0.5, 0.6) is 0 Å². The number of amides is 3. The van der Waals surface area contributed by atoms with Gasteiger partial charge < -0.3 is 16.0 Å². The molecule has 103 valence electrons. The van der Waals surface area contributed by atoms with Crippen molar-refractivity contribution in [3.8, 4) is 0 Å². The van der Waals surface area contributed by atoms with Crippen molar-refractivity contribution in [1.29, 1.82) is 0 Å². The predicted octanol–water partition coefficient (Wildman–Crippen LogP) is 0.443. The van der Waals surface area contributed by atoms with Crippen LogP contribution in [0.1, 0.15) is 46.5 Å². The van der Waals surface area contributed by atoms with E-state index in [-0.39, 0.29) is 43.4 Å². The summed E-state index contributed by atoms with van der Waals surface area (Å²) in [6.07, 6.45) is 0.888. The number of hydrogen-bond donors (Lipinski definition) is 3. The molecule has 0 aliphatic heterocycles. The highest BCUT2D eigenvalue weighted by Crippen LogP contribution is 2.04.